The monoisotopic (exact) mass is 348 g/mol. The van der Waals surface area contributed by atoms with Crippen LogP contribution in [0.4, 0.5) is 0 Å². The van der Waals surface area contributed by atoms with Gasteiger partial charge in [-0.2, -0.15) is 0 Å². The molecule has 4 nitrogen and oxygen atoms in total. The lowest BCUT2D eigenvalue weighted by molar-refractivity contribution is 0.0600. The van der Waals surface area contributed by atoms with Crippen LogP contribution in [0.25, 0.3) is 0 Å². The zero-order chi connectivity index (χ0) is 15.2. The summed E-state index contributed by atoms with van der Waals surface area (Å²) in [5, 5.41) is 3.39. The fraction of sp³-hybridized carbons (Fsp3) is 0.250. The molecule has 1 aromatic carbocycles. The molecule has 0 fully saturated rings. The van der Waals surface area contributed by atoms with E-state index in [2.05, 4.69) is 26.2 Å². The SMILES string of the molecule is COC(=O)c1ccc(CNCc2ccncc2C)c(Br)c1. The molecule has 0 aliphatic heterocycles. The van der Waals surface area contributed by atoms with Gasteiger partial charge >= 0.3 is 5.97 Å². The second kappa shape index (κ2) is 7.33. The first-order valence-electron chi connectivity index (χ1n) is 6.58. The predicted molar refractivity (Wildman–Crippen MR) is 85.0 cm³/mol. The predicted octanol–water partition coefficient (Wildman–Crippen LogP) is 3.23. The number of carbonyl (C=O) groups is 1. The van der Waals surface area contributed by atoms with Gasteiger partial charge in [-0.05, 0) is 41.8 Å². The van der Waals surface area contributed by atoms with Crippen LogP contribution in [-0.2, 0) is 17.8 Å². The molecule has 1 N–H and O–H groups in total. The van der Waals surface area contributed by atoms with Gasteiger partial charge in [-0.15, -0.1) is 0 Å². The van der Waals surface area contributed by atoms with Gasteiger partial charge in [0.25, 0.3) is 0 Å². The fourth-order valence-corrected chi connectivity index (χ4v) is 2.49. The molecule has 0 atom stereocenters. The lowest BCUT2D eigenvalue weighted by Crippen LogP contribution is -2.14. The molecule has 0 unspecified atom stereocenters. The van der Waals surface area contributed by atoms with Crippen molar-refractivity contribution in [2.24, 2.45) is 0 Å². The molecule has 0 aliphatic carbocycles. The number of nitrogens with one attached hydrogen (secondary N) is 1. The average Bonchev–Trinajstić information content (AvgIpc) is 2.50. The van der Waals surface area contributed by atoms with Gasteiger partial charge in [0.15, 0.2) is 0 Å². The second-order valence-electron chi connectivity index (χ2n) is 4.70. The van der Waals surface area contributed by atoms with Crippen LogP contribution in [0.1, 0.15) is 27.0 Å². The number of methoxy groups -OCH3 is 1. The minimum absolute atomic E-state index is 0.331. The van der Waals surface area contributed by atoms with Crippen LogP contribution in [0, 0.1) is 6.92 Å². The number of hydrogen-bond acceptors (Lipinski definition) is 4. The Bertz CT molecular complexity index is 644. The Morgan fingerprint density at radius 2 is 2.05 bits per heavy atom. The van der Waals surface area contributed by atoms with Gasteiger partial charge in [-0.25, -0.2) is 4.79 Å². The molecule has 0 amide bonds. The highest BCUT2D eigenvalue weighted by atomic mass is 79.9. The van der Waals surface area contributed by atoms with E-state index in [1.165, 1.54) is 18.2 Å². The van der Waals surface area contributed by atoms with Crippen molar-refractivity contribution in [2.45, 2.75) is 20.0 Å². The van der Waals surface area contributed by atoms with Crippen LogP contribution in [0.3, 0.4) is 0 Å². The van der Waals surface area contributed by atoms with Crippen LogP contribution < -0.4 is 5.32 Å². The van der Waals surface area contributed by atoms with Gasteiger partial charge in [0.1, 0.15) is 0 Å². The van der Waals surface area contributed by atoms with E-state index in [-0.39, 0.29) is 5.97 Å². The third-order valence-electron chi connectivity index (χ3n) is 3.24. The topological polar surface area (TPSA) is 51.2 Å². The summed E-state index contributed by atoms with van der Waals surface area (Å²) in [6.07, 6.45) is 3.66. The van der Waals surface area contributed by atoms with Gasteiger partial charge in [-0.3, -0.25) is 4.98 Å². The van der Waals surface area contributed by atoms with E-state index in [9.17, 15) is 4.79 Å². The highest BCUT2D eigenvalue weighted by Gasteiger charge is 2.08. The lowest BCUT2D eigenvalue weighted by Gasteiger charge is -2.09. The number of aromatic nitrogens is 1. The van der Waals surface area contributed by atoms with Crippen LogP contribution in [0.2, 0.25) is 0 Å². The van der Waals surface area contributed by atoms with Gasteiger partial charge < -0.3 is 10.1 Å². The van der Waals surface area contributed by atoms with E-state index in [0.29, 0.717) is 12.1 Å². The van der Waals surface area contributed by atoms with Crippen molar-refractivity contribution in [1.82, 2.24) is 10.3 Å². The van der Waals surface area contributed by atoms with Gasteiger partial charge in [0.05, 0.1) is 12.7 Å². The molecule has 0 saturated heterocycles. The molecule has 0 saturated carbocycles. The molecule has 0 radical (unpaired) electrons. The zero-order valence-electron chi connectivity index (χ0n) is 12.0. The van der Waals surface area contributed by atoms with Crippen molar-refractivity contribution in [2.75, 3.05) is 7.11 Å². The quantitative estimate of drug-likeness (QED) is 0.842. The third kappa shape index (κ3) is 4.12. The number of nitrogens with zero attached hydrogens (tertiary/aromatic N) is 1. The minimum Gasteiger partial charge on any atom is -0.465 e. The summed E-state index contributed by atoms with van der Waals surface area (Å²) in [6, 6.07) is 7.48. The van der Waals surface area contributed by atoms with Gasteiger partial charge in [0.2, 0.25) is 0 Å². The van der Waals surface area contributed by atoms with Crippen molar-refractivity contribution in [3.63, 3.8) is 0 Å². The first kappa shape index (κ1) is 15.7. The summed E-state index contributed by atoms with van der Waals surface area (Å²) in [7, 11) is 1.38. The van der Waals surface area contributed by atoms with E-state index in [1.54, 1.807) is 18.3 Å². The van der Waals surface area contributed by atoms with Crippen molar-refractivity contribution in [1.29, 1.82) is 0 Å². The van der Waals surface area contributed by atoms with Gasteiger partial charge in [0, 0.05) is 30.0 Å². The molecule has 1 aromatic heterocycles. The molecule has 0 spiro atoms. The Balaban J connectivity index is 1.98. The molecule has 2 rings (SSSR count). The number of ether oxygens (including phenoxy) is 1. The van der Waals surface area contributed by atoms with Crippen molar-refractivity contribution in [3.8, 4) is 0 Å². The fourth-order valence-electron chi connectivity index (χ4n) is 1.97. The number of carbonyl (C=O) groups excluding carboxylic acids is 1. The van der Waals surface area contributed by atoms with E-state index < -0.39 is 0 Å². The Morgan fingerprint density at radius 3 is 2.71 bits per heavy atom. The van der Waals surface area contributed by atoms with Crippen LogP contribution in [0.15, 0.2) is 41.1 Å². The molecule has 1 heterocycles. The summed E-state index contributed by atoms with van der Waals surface area (Å²) in [5.41, 5.74) is 4.03. The van der Waals surface area contributed by atoms with Crippen LogP contribution in [0.5, 0.6) is 0 Å². The first-order valence-corrected chi connectivity index (χ1v) is 7.38. The number of benzene rings is 1. The molecule has 0 bridgehead atoms. The molecule has 110 valence electrons. The molecule has 21 heavy (non-hydrogen) atoms. The standard InChI is InChI=1S/C16H17BrN2O2/c1-11-8-18-6-5-13(11)9-19-10-14-4-3-12(7-15(14)17)16(20)21-2/h3-8,19H,9-10H2,1-2H3. The van der Waals surface area contributed by atoms with Crippen molar-refractivity contribution >= 4 is 21.9 Å². The Hall–Kier alpha value is -1.72. The number of rotatable bonds is 5. The summed E-state index contributed by atoms with van der Waals surface area (Å²) in [4.78, 5) is 15.5. The largest absolute Gasteiger partial charge is 0.465 e. The van der Waals surface area contributed by atoms with Crippen LogP contribution in [-0.4, -0.2) is 18.1 Å². The van der Waals surface area contributed by atoms with E-state index in [1.807, 2.05) is 25.3 Å². The molecule has 2 aromatic rings. The summed E-state index contributed by atoms with van der Waals surface area (Å²) in [6.45, 7) is 3.54. The Morgan fingerprint density at radius 1 is 1.29 bits per heavy atom. The highest BCUT2D eigenvalue weighted by molar-refractivity contribution is 9.10. The molecule has 5 heteroatoms. The molecule has 0 aliphatic rings. The van der Waals surface area contributed by atoms with E-state index >= 15 is 0 Å². The number of halogens is 1. The van der Waals surface area contributed by atoms with E-state index in [0.717, 1.165) is 16.6 Å². The Kier molecular flexibility index (Phi) is 5.47. The third-order valence-corrected chi connectivity index (χ3v) is 3.98. The Labute approximate surface area is 132 Å². The van der Waals surface area contributed by atoms with Crippen molar-refractivity contribution in [3.05, 3.63) is 63.4 Å². The van der Waals surface area contributed by atoms with Gasteiger partial charge in [-0.1, -0.05) is 22.0 Å². The maximum Gasteiger partial charge on any atom is 0.337 e. The zero-order valence-corrected chi connectivity index (χ0v) is 13.6. The van der Waals surface area contributed by atoms with Crippen molar-refractivity contribution < 1.29 is 9.53 Å². The smallest absolute Gasteiger partial charge is 0.337 e. The number of esters is 1. The summed E-state index contributed by atoms with van der Waals surface area (Å²) >= 11 is 3.49. The number of aryl methyl sites for hydroxylation is 1. The average molecular weight is 349 g/mol. The number of pyridine rings is 1. The van der Waals surface area contributed by atoms with E-state index in [4.69, 9.17) is 4.74 Å². The second-order valence-corrected chi connectivity index (χ2v) is 5.56. The normalized spacial score (nSPS) is 10.4. The minimum atomic E-state index is -0.331. The first-order chi connectivity index (χ1) is 10.1. The number of hydrogen-bond donors (Lipinski definition) is 1. The van der Waals surface area contributed by atoms with Crippen LogP contribution >= 0.6 is 15.9 Å². The maximum atomic E-state index is 11.4. The lowest BCUT2D eigenvalue weighted by atomic mass is 10.1. The molecular formula is C16H17BrN2O2. The maximum absolute atomic E-state index is 11.4. The highest BCUT2D eigenvalue weighted by Crippen LogP contribution is 2.19. The summed E-state index contributed by atoms with van der Waals surface area (Å²) < 4.78 is 5.59. The summed E-state index contributed by atoms with van der Waals surface area (Å²) in [5.74, 6) is -0.331. The molecular weight excluding hydrogens is 332 g/mol.